The number of hydrogen-bond donors (Lipinski definition) is 1. The normalized spacial score (nSPS) is 17.2. The summed E-state index contributed by atoms with van der Waals surface area (Å²) in [6.07, 6.45) is 3.85. The van der Waals surface area contributed by atoms with Crippen LogP contribution >= 0.6 is 0 Å². The number of aryl methyl sites for hydroxylation is 1. The highest BCUT2D eigenvalue weighted by Crippen LogP contribution is 2.37. The summed E-state index contributed by atoms with van der Waals surface area (Å²) in [4.78, 5) is 4.45. The SMILES string of the molecule is N#Cc1cc(C2CCc3cccnc32)ccc1O. The Morgan fingerprint density at radius 2 is 2.22 bits per heavy atom. The van der Waals surface area contributed by atoms with E-state index in [-0.39, 0.29) is 11.7 Å². The fourth-order valence-electron chi connectivity index (χ4n) is 2.60. The second kappa shape index (κ2) is 4.15. The standard InChI is InChI=1S/C15H12N2O/c16-9-12-8-11(4-6-14(12)18)13-5-3-10-2-1-7-17-15(10)13/h1-2,4,6-8,13,18H,3,5H2. The summed E-state index contributed by atoms with van der Waals surface area (Å²) in [6.45, 7) is 0. The van der Waals surface area contributed by atoms with E-state index in [2.05, 4.69) is 11.1 Å². The summed E-state index contributed by atoms with van der Waals surface area (Å²) in [5.41, 5.74) is 3.78. The third-order valence-corrected chi connectivity index (χ3v) is 3.50. The van der Waals surface area contributed by atoms with E-state index in [1.165, 1.54) is 5.56 Å². The second-order valence-electron chi connectivity index (χ2n) is 4.53. The number of phenols is 1. The minimum Gasteiger partial charge on any atom is -0.507 e. The number of fused-ring (bicyclic) bond motifs is 1. The first kappa shape index (κ1) is 10.8. The highest BCUT2D eigenvalue weighted by atomic mass is 16.3. The molecule has 0 radical (unpaired) electrons. The number of phenolic OH excluding ortho intramolecular Hbond substituents is 1. The summed E-state index contributed by atoms with van der Waals surface area (Å²) >= 11 is 0. The fourth-order valence-corrected chi connectivity index (χ4v) is 2.60. The number of aromatic hydroxyl groups is 1. The topological polar surface area (TPSA) is 56.9 Å². The predicted octanol–water partition coefficient (Wildman–Crippen LogP) is 2.74. The number of nitrogens with zero attached hydrogens (tertiary/aromatic N) is 2. The first-order chi connectivity index (χ1) is 8.79. The molecule has 0 amide bonds. The zero-order valence-corrected chi connectivity index (χ0v) is 9.80. The van der Waals surface area contributed by atoms with Crippen molar-refractivity contribution in [1.82, 2.24) is 4.98 Å². The third kappa shape index (κ3) is 1.63. The van der Waals surface area contributed by atoms with Crippen LogP contribution in [-0.2, 0) is 6.42 Å². The molecule has 1 aliphatic rings. The molecule has 88 valence electrons. The van der Waals surface area contributed by atoms with Gasteiger partial charge in [-0.3, -0.25) is 4.98 Å². The van der Waals surface area contributed by atoms with Crippen molar-refractivity contribution in [3.63, 3.8) is 0 Å². The summed E-state index contributed by atoms with van der Waals surface area (Å²) < 4.78 is 0. The molecule has 1 atom stereocenters. The molecule has 1 aromatic carbocycles. The van der Waals surface area contributed by atoms with E-state index in [1.54, 1.807) is 12.1 Å². The molecular formula is C15H12N2O. The Kier molecular flexibility index (Phi) is 2.49. The van der Waals surface area contributed by atoms with E-state index < -0.39 is 0 Å². The molecule has 0 aliphatic heterocycles. The third-order valence-electron chi connectivity index (χ3n) is 3.50. The number of hydrogen-bond acceptors (Lipinski definition) is 3. The molecule has 0 fully saturated rings. The van der Waals surface area contributed by atoms with Gasteiger partial charge in [0, 0.05) is 12.1 Å². The lowest BCUT2D eigenvalue weighted by Crippen LogP contribution is -1.99. The van der Waals surface area contributed by atoms with Gasteiger partial charge in [-0.25, -0.2) is 0 Å². The van der Waals surface area contributed by atoms with Gasteiger partial charge in [-0.2, -0.15) is 5.26 Å². The number of rotatable bonds is 1. The minimum atomic E-state index is 0.0421. The number of pyridine rings is 1. The Morgan fingerprint density at radius 3 is 3.06 bits per heavy atom. The predicted molar refractivity (Wildman–Crippen MR) is 67.2 cm³/mol. The molecule has 3 nitrogen and oxygen atoms in total. The van der Waals surface area contributed by atoms with Gasteiger partial charge < -0.3 is 5.11 Å². The van der Waals surface area contributed by atoms with Gasteiger partial charge >= 0.3 is 0 Å². The van der Waals surface area contributed by atoms with Gasteiger partial charge in [0.2, 0.25) is 0 Å². The minimum absolute atomic E-state index is 0.0421. The summed E-state index contributed by atoms with van der Waals surface area (Å²) in [7, 11) is 0. The molecule has 0 spiro atoms. The smallest absolute Gasteiger partial charge is 0.133 e. The molecule has 0 saturated carbocycles. The van der Waals surface area contributed by atoms with Crippen LogP contribution in [0.15, 0.2) is 36.5 Å². The molecule has 18 heavy (non-hydrogen) atoms. The molecule has 1 N–H and O–H groups in total. The van der Waals surface area contributed by atoms with Gasteiger partial charge in [0.05, 0.1) is 11.3 Å². The molecule has 1 aromatic heterocycles. The van der Waals surface area contributed by atoms with Crippen LogP contribution in [-0.4, -0.2) is 10.1 Å². The molecular weight excluding hydrogens is 224 g/mol. The van der Waals surface area contributed by atoms with Crippen LogP contribution in [0.25, 0.3) is 0 Å². The van der Waals surface area contributed by atoms with E-state index in [0.717, 1.165) is 24.1 Å². The van der Waals surface area contributed by atoms with Crippen molar-refractivity contribution in [2.24, 2.45) is 0 Å². The molecule has 0 saturated heterocycles. The van der Waals surface area contributed by atoms with Crippen LogP contribution in [0.3, 0.4) is 0 Å². The van der Waals surface area contributed by atoms with Crippen molar-refractivity contribution in [1.29, 1.82) is 5.26 Å². The largest absolute Gasteiger partial charge is 0.507 e. The zero-order chi connectivity index (χ0) is 12.5. The number of aromatic nitrogens is 1. The molecule has 1 unspecified atom stereocenters. The summed E-state index contributed by atoms with van der Waals surface area (Å²) in [6, 6.07) is 11.3. The average Bonchev–Trinajstić information content (AvgIpc) is 2.83. The van der Waals surface area contributed by atoms with Gasteiger partial charge in [0.25, 0.3) is 0 Å². The fraction of sp³-hybridized carbons (Fsp3) is 0.200. The Hall–Kier alpha value is -2.34. The van der Waals surface area contributed by atoms with Crippen LogP contribution in [0.5, 0.6) is 5.75 Å². The van der Waals surface area contributed by atoms with Crippen LogP contribution < -0.4 is 0 Å². The molecule has 3 heteroatoms. The van der Waals surface area contributed by atoms with Crippen molar-refractivity contribution in [2.45, 2.75) is 18.8 Å². The van der Waals surface area contributed by atoms with E-state index in [4.69, 9.17) is 5.26 Å². The maximum absolute atomic E-state index is 9.53. The van der Waals surface area contributed by atoms with Crippen LogP contribution in [0.2, 0.25) is 0 Å². The van der Waals surface area contributed by atoms with Crippen molar-refractivity contribution < 1.29 is 5.11 Å². The first-order valence-corrected chi connectivity index (χ1v) is 5.96. The molecule has 1 aliphatic carbocycles. The van der Waals surface area contributed by atoms with Crippen LogP contribution in [0.1, 0.15) is 34.7 Å². The molecule has 0 bridgehead atoms. The van der Waals surface area contributed by atoms with E-state index in [9.17, 15) is 5.11 Å². The Balaban J connectivity index is 2.05. The van der Waals surface area contributed by atoms with Crippen molar-refractivity contribution in [2.75, 3.05) is 0 Å². The van der Waals surface area contributed by atoms with Crippen molar-refractivity contribution in [3.05, 3.63) is 58.9 Å². The number of nitriles is 1. The number of benzene rings is 1. The molecule has 1 heterocycles. The maximum atomic E-state index is 9.53. The monoisotopic (exact) mass is 236 g/mol. The molecule has 2 aromatic rings. The van der Waals surface area contributed by atoms with Gasteiger partial charge in [-0.15, -0.1) is 0 Å². The second-order valence-corrected chi connectivity index (χ2v) is 4.53. The Morgan fingerprint density at radius 1 is 1.33 bits per heavy atom. The first-order valence-electron chi connectivity index (χ1n) is 5.96. The van der Waals surface area contributed by atoms with Crippen molar-refractivity contribution >= 4 is 0 Å². The van der Waals surface area contributed by atoms with Gasteiger partial charge in [-0.1, -0.05) is 12.1 Å². The zero-order valence-electron chi connectivity index (χ0n) is 9.80. The lowest BCUT2D eigenvalue weighted by molar-refractivity contribution is 0.473. The summed E-state index contributed by atoms with van der Waals surface area (Å²) in [5, 5.41) is 18.5. The van der Waals surface area contributed by atoms with Crippen LogP contribution in [0, 0.1) is 11.3 Å². The Labute approximate surface area is 105 Å². The highest BCUT2D eigenvalue weighted by molar-refractivity contribution is 5.48. The quantitative estimate of drug-likeness (QED) is 0.828. The average molecular weight is 236 g/mol. The van der Waals surface area contributed by atoms with Crippen LogP contribution in [0.4, 0.5) is 0 Å². The van der Waals surface area contributed by atoms with E-state index in [0.29, 0.717) is 5.56 Å². The van der Waals surface area contributed by atoms with Gasteiger partial charge in [0.1, 0.15) is 11.8 Å². The van der Waals surface area contributed by atoms with Gasteiger partial charge in [-0.05, 0) is 42.2 Å². The molecule has 3 rings (SSSR count). The lowest BCUT2D eigenvalue weighted by atomic mass is 9.95. The van der Waals surface area contributed by atoms with E-state index >= 15 is 0 Å². The maximum Gasteiger partial charge on any atom is 0.133 e. The van der Waals surface area contributed by atoms with Gasteiger partial charge in [0.15, 0.2) is 0 Å². The summed E-state index contributed by atoms with van der Waals surface area (Å²) in [5.74, 6) is 0.286. The van der Waals surface area contributed by atoms with E-state index in [1.807, 2.05) is 24.4 Å². The lowest BCUT2D eigenvalue weighted by Gasteiger charge is -2.11. The highest BCUT2D eigenvalue weighted by Gasteiger charge is 2.25. The van der Waals surface area contributed by atoms with Crippen molar-refractivity contribution in [3.8, 4) is 11.8 Å². The Bertz CT molecular complexity index is 643.